The molecule has 0 radical (unpaired) electrons. The summed E-state index contributed by atoms with van der Waals surface area (Å²) in [7, 11) is 0. The highest BCUT2D eigenvalue weighted by Gasteiger charge is 2.50. The van der Waals surface area contributed by atoms with Crippen molar-refractivity contribution in [2.24, 2.45) is 29.1 Å². The van der Waals surface area contributed by atoms with E-state index in [9.17, 15) is 4.79 Å². The molecule has 5 fully saturated rings. The average molecular weight is 289 g/mol. The van der Waals surface area contributed by atoms with Crippen LogP contribution in [-0.2, 0) is 4.79 Å². The fraction of sp³-hybridized carbons (Fsp3) is 0.947. The molecule has 0 aromatic carbocycles. The van der Waals surface area contributed by atoms with Gasteiger partial charge in [0.1, 0.15) is 0 Å². The number of carbonyl (C=O) groups is 1. The molecule has 0 aliphatic heterocycles. The van der Waals surface area contributed by atoms with Crippen molar-refractivity contribution in [2.75, 3.05) is 6.54 Å². The Morgan fingerprint density at radius 2 is 1.48 bits per heavy atom. The first kappa shape index (κ1) is 14.1. The monoisotopic (exact) mass is 289 g/mol. The Morgan fingerprint density at radius 1 is 0.905 bits per heavy atom. The van der Waals surface area contributed by atoms with E-state index in [-0.39, 0.29) is 0 Å². The molecule has 2 nitrogen and oxygen atoms in total. The van der Waals surface area contributed by atoms with Crippen LogP contribution >= 0.6 is 0 Å². The van der Waals surface area contributed by atoms with Crippen LogP contribution in [0.4, 0.5) is 0 Å². The highest BCUT2D eigenvalue weighted by Crippen LogP contribution is 2.61. The molecule has 5 saturated carbocycles. The van der Waals surface area contributed by atoms with Gasteiger partial charge in [-0.05, 0) is 81.0 Å². The second kappa shape index (κ2) is 5.59. The van der Waals surface area contributed by atoms with Crippen molar-refractivity contribution in [3.63, 3.8) is 0 Å². The quantitative estimate of drug-likeness (QED) is 0.822. The Hall–Kier alpha value is -0.530. The zero-order chi connectivity index (χ0) is 14.3. The normalized spacial score (nSPS) is 42.2. The molecule has 1 amide bonds. The zero-order valence-electron chi connectivity index (χ0n) is 13.4. The summed E-state index contributed by atoms with van der Waals surface area (Å²) in [6.45, 7) is 0.946. The Balaban J connectivity index is 1.28. The minimum atomic E-state index is 0.329. The van der Waals surface area contributed by atoms with Gasteiger partial charge in [-0.25, -0.2) is 0 Å². The van der Waals surface area contributed by atoms with Gasteiger partial charge in [-0.3, -0.25) is 4.79 Å². The van der Waals surface area contributed by atoms with Gasteiger partial charge >= 0.3 is 0 Å². The predicted octanol–water partition coefficient (Wildman–Crippen LogP) is 4.29. The van der Waals surface area contributed by atoms with Crippen molar-refractivity contribution in [2.45, 2.75) is 77.0 Å². The summed E-state index contributed by atoms with van der Waals surface area (Å²) in [5.41, 5.74) is 0.620. The summed E-state index contributed by atoms with van der Waals surface area (Å²) in [6, 6.07) is 0. The summed E-state index contributed by atoms with van der Waals surface area (Å²) in [5, 5.41) is 3.29. The lowest BCUT2D eigenvalue weighted by molar-refractivity contribution is -0.126. The minimum absolute atomic E-state index is 0.329. The number of amides is 1. The van der Waals surface area contributed by atoms with Crippen LogP contribution in [0.1, 0.15) is 77.0 Å². The van der Waals surface area contributed by atoms with Crippen LogP contribution in [0.5, 0.6) is 0 Å². The Bertz CT molecular complexity index is 361. The summed E-state index contributed by atoms with van der Waals surface area (Å²) in [4.78, 5) is 12.3. The number of hydrogen-bond acceptors (Lipinski definition) is 1. The third-order valence-electron chi connectivity index (χ3n) is 7.10. The fourth-order valence-corrected chi connectivity index (χ4v) is 6.56. The Morgan fingerprint density at radius 3 is 2.05 bits per heavy atom. The first-order chi connectivity index (χ1) is 10.2. The van der Waals surface area contributed by atoms with Gasteiger partial charge < -0.3 is 5.32 Å². The topological polar surface area (TPSA) is 29.1 Å². The summed E-state index contributed by atoms with van der Waals surface area (Å²) < 4.78 is 0. The van der Waals surface area contributed by atoms with Crippen LogP contribution in [0.15, 0.2) is 0 Å². The lowest BCUT2D eigenvalue weighted by atomic mass is 9.49. The van der Waals surface area contributed by atoms with Crippen LogP contribution in [0.2, 0.25) is 0 Å². The van der Waals surface area contributed by atoms with Crippen LogP contribution in [-0.4, -0.2) is 12.5 Å². The molecular formula is C19H31NO. The number of carbonyl (C=O) groups excluding carboxylic acids is 1. The molecule has 21 heavy (non-hydrogen) atoms. The van der Waals surface area contributed by atoms with Crippen molar-refractivity contribution in [3.05, 3.63) is 0 Å². The lowest BCUT2D eigenvalue weighted by Gasteiger charge is -2.57. The molecule has 4 bridgehead atoms. The van der Waals surface area contributed by atoms with Crippen LogP contribution in [0.3, 0.4) is 0 Å². The van der Waals surface area contributed by atoms with E-state index in [0.29, 0.717) is 17.2 Å². The molecule has 0 atom stereocenters. The van der Waals surface area contributed by atoms with E-state index in [0.717, 1.165) is 37.1 Å². The molecule has 118 valence electrons. The standard InChI is InChI=1S/C19H31NO/c21-18(17-4-2-1-3-5-17)20-7-6-19-11-14-8-15(12-19)10-16(9-14)13-19/h14-17H,1-13H2,(H,20,21). The lowest BCUT2D eigenvalue weighted by Crippen LogP contribution is -2.47. The van der Waals surface area contributed by atoms with Gasteiger partial charge in [-0.2, -0.15) is 0 Å². The van der Waals surface area contributed by atoms with Crippen LogP contribution < -0.4 is 5.32 Å². The van der Waals surface area contributed by atoms with Crippen molar-refractivity contribution in [1.82, 2.24) is 5.32 Å². The third-order valence-corrected chi connectivity index (χ3v) is 7.10. The first-order valence-corrected chi connectivity index (χ1v) is 9.50. The molecule has 0 unspecified atom stereocenters. The maximum atomic E-state index is 12.3. The largest absolute Gasteiger partial charge is 0.356 e. The van der Waals surface area contributed by atoms with Gasteiger partial charge in [0.15, 0.2) is 0 Å². The molecule has 0 aromatic rings. The number of hydrogen-bond donors (Lipinski definition) is 1. The highest BCUT2D eigenvalue weighted by molar-refractivity contribution is 5.78. The van der Waals surface area contributed by atoms with Crippen molar-refractivity contribution in [3.8, 4) is 0 Å². The SMILES string of the molecule is O=C(NCCC12CC3CC(CC(C3)C1)C2)C1CCCCC1. The van der Waals surface area contributed by atoms with E-state index in [4.69, 9.17) is 0 Å². The van der Waals surface area contributed by atoms with Gasteiger partial charge in [-0.1, -0.05) is 19.3 Å². The summed E-state index contributed by atoms with van der Waals surface area (Å²) in [6.07, 6.45) is 16.3. The summed E-state index contributed by atoms with van der Waals surface area (Å²) >= 11 is 0. The van der Waals surface area contributed by atoms with Gasteiger partial charge in [0, 0.05) is 12.5 Å². The maximum absolute atomic E-state index is 12.3. The smallest absolute Gasteiger partial charge is 0.223 e. The van der Waals surface area contributed by atoms with Crippen LogP contribution in [0, 0.1) is 29.1 Å². The van der Waals surface area contributed by atoms with Crippen molar-refractivity contribution in [1.29, 1.82) is 0 Å². The predicted molar refractivity (Wildman–Crippen MR) is 84.8 cm³/mol. The third kappa shape index (κ3) is 2.87. The van der Waals surface area contributed by atoms with Gasteiger partial charge in [0.05, 0.1) is 0 Å². The van der Waals surface area contributed by atoms with E-state index < -0.39 is 0 Å². The second-order valence-electron chi connectivity index (χ2n) is 8.79. The molecule has 0 spiro atoms. The first-order valence-electron chi connectivity index (χ1n) is 9.50. The molecular weight excluding hydrogens is 258 g/mol. The molecule has 5 aliphatic carbocycles. The summed E-state index contributed by atoms with van der Waals surface area (Å²) in [5.74, 6) is 3.79. The fourth-order valence-electron chi connectivity index (χ4n) is 6.56. The molecule has 2 heteroatoms. The number of rotatable bonds is 4. The molecule has 5 aliphatic rings. The minimum Gasteiger partial charge on any atom is -0.356 e. The van der Waals surface area contributed by atoms with Crippen LogP contribution in [0.25, 0.3) is 0 Å². The molecule has 0 aromatic heterocycles. The second-order valence-corrected chi connectivity index (χ2v) is 8.79. The Labute approximate surface area is 129 Å². The van der Waals surface area contributed by atoms with E-state index >= 15 is 0 Å². The van der Waals surface area contributed by atoms with Gasteiger partial charge in [-0.15, -0.1) is 0 Å². The van der Waals surface area contributed by atoms with E-state index in [2.05, 4.69) is 5.32 Å². The number of nitrogens with one attached hydrogen (secondary N) is 1. The van der Waals surface area contributed by atoms with E-state index in [1.807, 2.05) is 0 Å². The zero-order valence-corrected chi connectivity index (χ0v) is 13.4. The highest BCUT2D eigenvalue weighted by atomic mass is 16.1. The molecule has 0 heterocycles. The van der Waals surface area contributed by atoms with E-state index in [1.165, 1.54) is 64.2 Å². The molecule has 5 rings (SSSR count). The molecule has 1 N–H and O–H groups in total. The van der Waals surface area contributed by atoms with Gasteiger partial charge in [0.25, 0.3) is 0 Å². The molecule has 0 saturated heterocycles. The Kier molecular flexibility index (Phi) is 3.75. The van der Waals surface area contributed by atoms with Crippen molar-refractivity contribution < 1.29 is 4.79 Å². The van der Waals surface area contributed by atoms with E-state index in [1.54, 1.807) is 0 Å². The van der Waals surface area contributed by atoms with Crippen molar-refractivity contribution >= 4 is 5.91 Å². The maximum Gasteiger partial charge on any atom is 0.223 e. The van der Waals surface area contributed by atoms with Gasteiger partial charge in [0.2, 0.25) is 5.91 Å². The average Bonchev–Trinajstić information content (AvgIpc) is 2.46.